The number of anilines is 1. The molecule has 1 aromatic rings. The van der Waals surface area contributed by atoms with E-state index < -0.39 is 0 Å². The highest BCUT2D eigenvalue weighted by Gasteiger charge is 2.19. The Balaban J connectivity index is 2.06. The predicted molar refractivity (Wildman–Crippen MR) is 74.7 cm³/mol. The van der Waals surface area contributed by atoms with Gasteiger partial charge in [0, 0.05) is 17.7 Å². The lowest BCUT2D eigenvalue weighted by molar-refractivity contribution is -0.120. The van der Waals surface area contributed by atoms with Crippen molar-refractivity contribution in [2.45, 2.75) is 19.3 Å². The Morgan fingerprint density at radius 1 is 1.21 bits per heavy atom. The highest BCUT2D eigenvalue weighted by Crippen LogP contribution is 2.30. The van der Waals surface area contributed by atoms with E-state index in [2.05, 4.69) is 17.5 Å². The molecule has 2 rings (SSSR count). The molecular weight excluding hydrogens is 242 g/mol. The lowest BCUT2D eigenvalue weighted by atomic mass is 9.93. The van der Waals surface area contributed by atoms with Crippen molar-refractivity contribution in [1.29, 1.82) is 0 Å². The van der Waals surface area contributed by atoms with Crippen molar-refractivity contribution in [2.24, 2.45) is 5.92 Å². The van der Waals surface area contributed by atoms with Gasteiger partial charge in [-0.1, -0.05) is 12.2 Å². The number of carbonyl (C=O) groups is 1. The van der Waals surface area contributed by atoms with E-state index >= 15 is 0 Å². The second kappa shape index (κ2) is 6.27. The van der Waals surface area contributed by atoms with Crippen LogP contribution in [-0.2, 0) is 4.79 Å². The van der Waals surface area contributed by atoms with E-state index in [0.29, 0.717) is 11.5 Å². The molecule has 0 aliphatic heterocycles. The van der Waals surface area contributed by atoms with Crippen LogP contribution in [0.2, 0.25) is 0 Å². The molecule has 1 atom stereocenters. The standard InChI is InChI=1S/C15H19NO3/c1-18-13-9-8-12(10-14(13)19-2)16-15(17)11-6-4-3-5-7-11/h3-4,8-11H,5-7H2,1-2H3,(H,16,17). The minimum absolute atomic E-state index is 0.0663. The molecule has 0 spiro atoms. The summed E-state index contributed by atoms with van der Waals surface area (Å²) in [4.78, 5) is 12.1. The smallest absolute Gasteiger partial charge is 0.227 e. The van der Waals surface area contributed by atoms with Gasteiger partial charge < -0.3 is 14.8 Å². The molecule has 0 radical (unpaired) electrons. The molecule has 1 N–H and O–H groups in total. The Morgan fingerprint density at radius 2 is 2.00 bits per heavy atom. The normalized spacial score (nSPS) is 17.9. The summed E-state index contributed by atoms with van der Waals surface area (Å²) in [6, 6.07) is 5.38. The number of methoxy groups -OCH3 is 2. The molecule has 1 aromatic carbocycles. The Morgan fingerprint density at radius 3 is 2.63 bits per heavy atom. The van der Waals surface area contributed by atoms with Crippen LogP contribution in [0.25, 0.3) is 0 Å². The third kappa shape index (κ3) is 3.28. The quantitative estimate of drug-likeness (QED) is 0.847. The van der Waals surface area contributed by atoms with Crippen molar-refractivity contribution < 1.29 is 14.3 Å². The molecule has 0 aromatic heterocycles. The van der Waals surface area contributed by atoms with Gasteiger partial charge >= 0.3 is 0 Å². The summed E-state index contributed by atoms with van der Waals surface area (Å²) in [6.07, 6.45) is 6.90. The highest BCUT2D eigenvalue weighted by molar-refractivity contribution is 5.93. The minimum atomic E-state index is 0.0663. The first kappa shape index (κ1) is 13.5. The van der Waals surface area contributed by atoms with Gasteiger partial charge in [-0.3, -0.25) is 4.79 Å². The van der Waals surface area contributed by atoms with Crippen molar-refractivity contribution in [3.05, 3.63) is 30.4 Å². The summed E-state index contributed by atoms with van der Waals surface area (Å²) in [5.74, 6) is 1.40. The zero-order chi connectivity index (χ0) is 13.7. The van der Waals surface area contributed by atoms with Crippen LogP contribution in [0.5, 0.6) is 11.5 Å². The van der Waals surface area contributed by atoms with E-state index in [0.717, 1.165) is 24.9 Å². The number of nitrogens with one attached hydrogen (secondary N) is 1. The van der Waals surface area contributed by atoms with E-state index in [1.807, 2.05) is 6.07 Å². The maximum absolute atomic E-state index is 12.1. The van der Waals surface area contributed by atoms with E-state index in [9.17, 15) is 4.79 Å². The number of ether oxygens (including phenoxy) is 2. The van der Waals surface area contributed by atoms with Gasteiger partial charge in [-0.2, -0.15) is 0 Å². The van der Waals surface area contributed by atoms with E-state index in [1.54, 1.807) is 26.4 Å². The maximum Gasteiger partial charge on any atom is 0.227 e. The van der Waals surface area contributed by atoms with Gasteiger partial charge in [-0.15, -0.1) is 0 Å². The Hall–Kier alpha value is -1.97. The zero-order valence-corrected chi connectivity index (χ0v) is 11.3. The van der Waals surface area contributed by atoms with Crippen LogP contribution in [0.4, 0.5) is 5.69 Å². The van der Waals surface area contributed by atoms with Crippen LogP contribution in [0.3, 0.4) is 0 Å². The summed E-state index contributed by atoms with van der Waals surface area (Å²) in [6.45, 7) is 0. The van der Waals surface area contributed by atoms with Crippen LogP contribution in [0.15, 0.2) is 30.4 Å². The van der Waals surface area contributed by atoms with Gasteiger partial charge in [-0.25, -0.2) is 0 Å². The van der Waals surface area contributed by atoms with Crippen molar-refractivity contribution in [2.75, 3.05) is 19.5 Å². The summed E-state index contributed by atoms with van der Waals surface area (Å²) in [5, 5.41) is 2.93. The zero-order valence-electron chi connectivity index (χ0n) is 11.3. The molecule has 4 heteroatoms. The molecule has 0 saturated heterocycles. The first-order chi connectivity index (χ1) is 9.24. The van der Waals surface area contributed by atoms with Gasteiger partial charge in [-0.05, 0) is 31.4 Å². The molecule has 1 aliphatic carbocycles. The van der Waals surface area contributed by atoms with Crippen LogP contribution >= 0.6 is 0 Å². The topological polar surface area (TPSA) is 47.6 Å². The lowest BCUT2D eigenvalue weighted by Crippen LogP contribution is -2.23. The number of amides is 1. The van der Waals surface area contributed by atoms with Crippen molar-refractivity contribution >= 4 is 11.6 Å². The Bertz CT molecular complexity index is 482. The van der Waals surface area contributed by atoms with Crippen LogP contribution in [0.1, 0.15) is 19.3 Å². The van der Waals surface area contributed by atoms with Crippen LogP contribution in [-0.4, -0.2) is 20.1 Å². The Kier molecular flexibility index (Phi) is 4.44. The van der Waals surface area contributed by atoms with E-state index in [1.165, 1.54) is 0 Å². The van der Waals surface area contributed by atoms with Gasteiger partial charge in [0.2, 0.25) is 5.91 Å². The fourth-order valence-electron chi connectivity index (χ4n) is 2.19. The average Bonchev–Trinajstić information content (AvgIpc) is 2.48. The van der Waals surface area contributed by atoms with Crippen molar-refractivity contribution in [1.82, 2.24) is 0 Å². The largest absolute Gasteiger partial charge is 0.493 e. The fourth-order valence-corrected chi connectivity index (χ4v) is 2.19. The molecule has 0 heterocycles. The molecule has 1 unspecified atom stereocenters. The molecule has 19 heavy (non-hydrogen) atoms. The second-order valence-electron chi connectivity index (χ2n) is 4.54. The van der Waals surface area contributed by atoms with Gasteiger partial charge in [0.1, 0.15) is 0 Å². The van der Waals surface area contributed by atoms with Crippen molar-refractivity contribution in [3.8, 4) is 11.5 Å². The fraction of sp³-hybridized carbons (Fsp3) is 0.400. The van der Waals surface area contributed by atoms with E-state index in [4.69, 9.17) is 9.47 Å². The summed E-state index contributed by atoms with van der Waals surface area (Å²) < 4.78 is 10.4. The maximum atomic E-state index is 12.1. The molecule has 0 fully saturated rings. The summed E-state index contributed by atoms with van der Waals surface area (Å²) >= 11 is 0. The third-order valence-corrected chi connectivity index (χ3v) is 3.29. The molecule has 4 nitrogen and oxygen atoms in total. The second-order valence-corrected chi connectivity index (χ2v) is 4.54. The third-order valence-electron chi connectivity index (χ3n) is 3.29. The molecule has 1 amide bonds. The first-order valence-corrected chi connectivity index (χ1v) is 6.42. The lowest BCUT2D eigenvalue weighted by Gasteiger charge is -2.17. The number of hydrogen-bond acceptors (Lipinski definition) is 3. The van der Waals surface area contributed by atoms with Crippen LogP contribution in [0, 0.1) is 5.92 Å². The molecule has 1 aliphatic rings. The number of carbonyl (C=O) groups excluding carboxylic acids is 1. The minimum Gasteiger partial charge on any atom is -0.493 e. The number of rotatable bonds is 4. The molecule has 0 saturated carbocycles. The van der Waals surface area contributed by atoms with Crippen molar-refractivity contribution in [3.63, 3.8) is 0 Å². The predicted octanol–water partition coefficient (Wildman–Crippen LogP) is 3.00. The number of hydrogen-bond donors (Lipinski definition) is 1. The summed E-state index contributed by atoms with van der Waals surface area (Å²) in [7, 11) is 3.17. The number of benzene rings is 1. The average molecular weight is 261 g/mol. The monoisotopic (exact) mass is 261 g/mol. The van der Waals surface area contributed by atoms with Gasteiger partial charge in [0.25, 0.3) is 0 Å². The van der Waals surface area contributed by atoms with Gasteiger partial charge in [0.15, 0.2) is 11.5 Å². The van der Waals surface area contributed by atoms with Crippen LogP contribution < -0.4 is 14.8 Å². The molecule has 0 bridgehead atoms. The van der Waals surface area contributed by atoms with Gasteiger partial charge in [0.05, 0.1) is 14.2 Å². The SMILES string of the molecule is COc1ccc(NC(=O)C2CC=CCC2)cc1OC. The summed E-state index contributed by atoms with van der Waals surface area (Å²) in [5.41, 5.74) is 0.734. The number of allylic oxidation sites excluding steroid dienone is 2. The molecule has 102 valence electrons. The first-order valence-electron chi connectivity index (χ1n) is 6.42. The Labute approximate surface area is 113 Å². The van der Waals surface area contributed by atoms with E-state index in [-0.39, 0.29) is 11.8 Å². The molecular formula is C15H19NO3. The highest BCUT2D eigenvalue weighted by atomic mass is 16.5.